The molecule has 0 unspecified atom stereocenters. The third kappa shape index (κ3) is 4.34. The monoisotopic (exact) mass is 531 g/mol. The van der Waals surface area contributed by atoms with Crippen molar-refractivity contribution in [1.82, 2.24) is 14.9 Å². The maximum atomic E-state index is 11.4. The summed E-state index contributed by atoms with van der Waals surface area (Å²) in [6, 6.07) is 25.7. The zero-order chi connectivity index (χ0) is 23.7. The van der Waals surface area contributed by atoms with E-state index in [-0.39, 0.29) is 18.0 Å². The minimum absolute atomic E-state index is 0.105. The molecule has 1 amide bonds. The fourth-order valence-corrected chi connectivity index (χ4v) is 4.92. The molecule has 0 radical (unpaired) electrons. The Morgan fingerprint density at radius 3 is 2.41 bits per heavy atom. The van der Waals surface area contributed by atoms with Crippen LogP contribution in [-0.4, -0.2) is 20.6 Å². The van der Waals surface area contributed by atoms with Crippen LogP contribution in [0.1, 0.15) is 30.4 Å². The van der Waals surface area contributed by atoms with E-state index in [9.17, 15) is 4.79 Å². The first-order valence-corrected chi connectivity index (χ1v) is 12.0. The molecule has 0 bridgehead atoms. The largest absolute Gasteiger partial charge is 0.351 e. The number of rotatable bonds is 5. The van der Waals surface area contributed by atoms with Crippen molar-refractivity contribution < 1.29 is 4.79 Å². The quantitative estimate of drug-likeness (QED) is 0.320. The lowest BCUT2D eigenvalue weighted by molar-refractivity contribution is -0.114. The van der Waals surface area contributed by atoms with Crippen molar-refractivity contribution in [1.29, 1.82) is 0 Å². The van der Waals surface area contributed by atoms with E-state index < -0.39 is 0 Å². The highest BCUT2D eigenvalue weighted by Gasteiger charge is 2.42. The summed E-state index contributed by atoms with van der Waals surface area (Å²) in [4.78, 5) is 18.2. The molecule has 0 aliphatic carbocycles. The molecule has 1 fully saturated rings. The topological polar surface area (TPSA) is 62.2 Å². The fourth-order valence-electron chi connectivity index (χ4n) is 4.31. The molecule has 34 heavy (non-hydrogen) atoms. The first-order valence-electron chi connectivity index (χ1n) is 10.8. The molecule has 2 N–H and O–H groups in total. The number of thiocarbonyl (C=S) groups is 1. The van der Waals surface area contributed by atoms with Crippen LogP contribution in [0.2, 0.25) is 0 Å². The molecule has 8 heteroatoms. The molecule has 4 aromatic rings. The van der Waals surface area contributed by atoms with Gasteiger partial charge in [0.15, 0.2) is 5.11 Å². The predicted octanol–water partition coefficient (Wildman–Crippen LogP) is 5.77. The molecule has 2 atom stereocenters. The fraction of sp³-hybridized carbons (Fsp3) is 0.115. The number of pyridine rings is 1. The van der Waals surface area contributed by atoms with E-state index in [1.807, 2.05) is 60.7 Å². The van der Waals surface area contributed by atoms with E-state index in [0.29, 0.717) is 5.11 Å². The molecule has 1 saturated heterocycles. The molecular weight excluding hydrogens is 510 g/mol. The molecule has 6 nitrogen and oxygen atoms in total. The number of benzene rings is 2. The van der Waals surface area contributed by atoms with Crippen LogP contribution >= 0.6 is 28.1 Å². The Morgan fingerprint density at radius 1 is 1.00 bits per heavy atom. The third-order valence-corrected chi connectivity index (χ3v) is 6.60. The molecule has 1 aliphatic heterocycles. The summed E-state index contributed by atoms with van der Waals surface area (Å²) in [5.41, 5.74) is 4.72. The average molecular weight is 532 g/mol. The summed E-state index contributed by atoms with van der Waals surface area (Å²) in [6.45, 7) is 1.50. The van der Waals surface area contributed by atoms with Crippen LogP contribution in [0.15, 0.2) is 95.7 Å². The number of carbonyl (C=O) groups excluding carboxylic acids is 1. The van der Waals surface area contributed by atoms with E-state index >= 15 is 0 Å². The van der Waals surface area contributed by atoms with Crippen LogP contribution in [-0.2, 0) is 4.79 Å². The van der Waals surface area contributed by atoms with E-state index in [2.05, 4.69) is 65.4 Å². The highest BCUT2D eigenvalue weighted by molar-refractivity contribution is 9.10. The van der Waals surface area contributed by atoms with Gasteiger partial charge in [-0.15, -0.1) is 0 Å². The van der Waals surface area contributed by atoms with Crippen molar-refractivity contribution in [2.75, 3.05) is 10.2 Å². The van der Waals surface area contributed by atoms with E-state index in [1.54, 1.807) is 6.20 Å². The predicted molar refractivity (Wildman–Crippen MR) is 142 cm³/mol. The Kier molecular flexibility index (Phi) is 6.17. The minimum atomic E-state index is -0.146. The minimum Gasteiger partial charge on any atom is -0.351 e. The van der Waals surface area contributed by atoms with Crippen molar-refractivity contribution in [3.63, 3.8) is 0 Å². The summed E-state index contributed by atoms with van der Waals surface area (Å²) in [5, 5.41) is 6.94. The van der Waals surface area contributed by atoms with Crippen LogP contribution in [0.5, 0.6) is 0 Å². The van der Waals surface area contributed by atoms with Crippen molar-refractivity contribution in [2.24, 2.45) is 0 Å². The Morgan fingerprint density at radius 2 is 1.74 bits per heavy atom. The van der Waals surface area contributed by atoms with Gasteiger partial charge in [0.1, 0.15) is 6.04 Å². The molecule has 5 rings (SSSR count). The molecule has 2 aromatic heterocycles. The van der Waals surface area contributed by atoms with Gasteiger partial charge in [-0.25, -0.2) is 0 Å². The SMILES string of the molecule is CC(=O)Nc1ccc(N2C(=S)N[C@@H](c3ccccn3)[C@H]2c2cccn2-c2ccc(Br)cc2)cc1. The number of nitrogens with zero attached hydrogens (tertiary/aromatic N) is 3. The Bertz CT molecular complexity index is 1320. The van der Waals surface area contributed by atoms with Crippen LogP contribution in [0.4, 0.5) is 11.4 Å². The summed E-state index contributed by atoms with van der Waals surface area (Å²) in [7, 11) is 0. The number of aromatic nitrogens is 2. The van der Waals surface area contributed by atoms with Gasteiger partial charge in [-0.3, -0.25) is 9.78 Å². The molecule has 170 valence electrons. The van der Waals surface area contributed by atoms with Gasteiger partial charge in [0.25, 0.3) is 0 Å². The van der Waals surface area contributed by atoms with Crippen LogP contribution in [0, 0.1) is 0 Å². The van der Waals surface area contributed by atoms with E-state index in [1.165, 1.54) is 6.92 Å². The molecule has 0 spiro atoms. The third-order valence-electron chi connectivity index (χ3n) is 5.75. The molecule has 1 aliphatic rings. The van der Waals surface area contributed by atoms with Crippen LogP contribution in [0.25, 0.3) is 5.69 Å². The zero-order valence-electron chi connectivity index (χ0n) is 18.4. The molecular formula is C26H22BrN5OS. The first-order chi connectivity index (χ1) is 16.5. The van der Waals surface area contributed by atoms with Crippen molar-refractivity contribution in [2.45, 2.75) is 19.0 Å². The van der Waals surface area contributed by atoms with E-state index in [4.69, 9.17) is 12.2 Å². The van der Waals surface area contributed by atoms with Crippen molar-refractivity contribution >= 4 is 50.5 Å². The number of halogens is 1. The number of hydrogen-bond acceptors (Lipinski definition) is 3. The average Bonchev–Trinajstić information content (AvgIpc) is 3.45. The normalized spacial score (nSPS) is 17.5. The second-order valence-corrected chi connectivity index (χ2v) is 9.31. The summed E-state index contributed by atoms with van der Waals surface area (Å²) >= 11 is 9.36. The Labute approximate surface area is 211 Å². The number of nitrogens with one attached hydrogen (secondary N) is 2. The number of anilines is 2. The van der Waals surface area contributed by atoms with Gasteiger partial charge in [-0.05, 0) is 85.0 Å². The maximum Gasteiger partial charge on any atom is 0.221 e. The highest BCUT2D eigenvalue weighted by Crippen LogP contribution is 2.42. The molecule has 2 aromatic carbocycles. The summed E-state index contributed by atoms with van der Waals surface area (Å²) in [6.07, 6.45) is 3.86. The standard InChI is InChI=1S/C26H22BrN5OS/c1-17(33)29-19-9-13-21(14-10-19)32-25(24(30-26(32)34)22-5-2-3-15-28-22)23-6-4-16-31(23)20-11-7-18(27)8-12-20/h2-16,24-25H,1H3,(H,29,33)(H,30,34)/t24-,25+/m0/s1. The maximum absolute atomic E-state index is 11.4. The number of amides is 1. The summed E-state index contributed by atoms with van der Waals surface area (Å²) < 4.78 is 3.21. The van der Waals surface area contributed by atoms with Crippen LogP contribution < -0.4 is 15.5 Å². The lowest BCUT2D eigenvalue weighted by Crippen LogP contribution is -2.30. The lowest BCUT2D eigenvalue weighted by atomic mass is 10.0. The van der Waals surface area contributed by atoms with Gasteiger partial charge < -0.3 is 20.1 Å². The first kappa shape index (κ1) is 22.3. The Balaban J connectivity index is 1.61. The molecule has 3 heterocycles. The number of carbonyl (C=O) groups is 1. The van der Waals surface area contributed by atoms with Gasteiger partial charge in [0, 0.05) is 46.5 Å². The van der Waals surface area contributed by atoms with E-state index in [0.717, 1.165) is 32.9 Å². The van der Waals surface area contributed by atoms with Crippen molar-refractivity contribution in [3.8, 4) is 5.69 Å². The Hall–Kier alpha value is -3.49. The lowest BCUT2D eigenvalue weighted by Gasteiger charge is -2.29. The van der Waals surface area contributed by atoms with Crippen LogP contribution in [0.3, 0.4) is 0 Å². The summed E-state index contributed by atoms with van der Waals surface area (Å²) in [5.74, 6) is -0.105. The van der Waals surface area contributed by atoms with Gasteiger partial charge in [-0.2, -0.15) is 0 Å². The van der Waals surface area contributed by atoms with Crippen molar-refractivity contribution in [3.05, 3.63) is 107 Å². The zero-order valence-corrected chi connectivity index (χ0v) is 20.8. The molecule has 0 saturated carbocycles. The van der Waals surface area contributed by atoms with Gasteiger partial charge in [-0.1, -0.05) is 22.0 Å². The highest BCUT2D eigenvalue weighted by atomic mass is 79.9. The van der Waals surface area contributed by atoms with Gasteiger partial charge in [0.2, 0.25) is 5.91 Å². The van der Waals surface area contributed by atoms with Gasteiger partial charge in [0.05, 0.1) is 11.7 Å². The second-order valence-electron chi connectivity index (χ2n) is 8.00. The smallest absolute Gasteiger partial charge is 0.221 e. The number of hydrogen-bond donors (Lipinski definition) is 2. The second kappa shape index (κ2) is 9.40. The van der Waals surface area contributed by atoms with Gasteiger partial charge >= 0.3 is 0 Å².